The van der Waals surface area contributed by atoms with Gasteiger partial charge in [-0.1, -0.05) is 26.2 Å². The first-order valence-electron chi connectivity index (χ1n) is 8.06. The third-order valence-corrected chi connectivity index (χ3v) is 5.00. The Balaban J connectivity index is 2.15. The van der Waals surface area contributed by atoms with E-state index in [-0.39, 0.29) is 5.63 Å². The van der Waals surface area contributed by atoms with Gasteiger partial charge in [-0.15, -0.1) is 0 Å². The Bertz CT molecular complexity index is 550. The first-order valence-corrected chi connectivity index (χ1v) is 8.06. The maximum Gasteiger partial charge on any atom is 0.339 e. The predicted octanol–water partition coefficient (Wildman–Crippen LogP) is 3.23. The van der Waals surface area contributed by atoms with Crippen LogP contribution in [-0.2, 0) is 24.9 Å². The zero-order valence-electron chi connectivity index (χ0n) is 12.3. The van der Waals surface area contributed by atoms with Crippen molar-refractivity contribution in [3.63, 3.8) is 0 Å². The van der Waals surface area contributed by atoms with Gasteiger partial charge in [-0.25, -0.2) is 4.79 Å². The summed E-state index contributed by atoms with van der Waals surface area (Å²) in [7, 11) is 0. The van der Waals surface area contributed by atoms with Gasteiger partial charge in [0.1, 0.15) is 11.4 Å². The highest BCUT2D eigenvalue weighted by molar-refractivity contribution is 5.39. The molecule has 0 aromatic carbocycles. The highest BCUT2D eigenvalue weighted by Crippen LogP contribution is 2.40. The standard InChI is InChI=1S/C17H24O3/c1-2-12-13-8-4-5-9-14(13)16(18)20-15(12)17(19)10-6-3-7-11-17/h19H,2-11H2,1H3. The van der Waals surface area contributed by atoms with Crippen molar-refractivity contribution in [3.05, 3.63) is 32.9 Å². The van der Waals surface area contributed by atoms with Crippen LogP contribution >= 0.6 is 0 Å². The maximum atomic E-state index is 12.3. The molecule has 1 heterocycles. The molecule has 2 aliphatic carbocycles. The van der Waals surface area contributed by atoms with Crippen molar-refractivity contribution in [3.8, 4) is 0 Å². The van der Waals surface area contributed by atoms with Gasteiger partial charge in [0.05, 0.1) is 0 Å². The van der Waals surface area contributed by atoms with Crippen LogP contribution in [0.2, 0.25) is 0 Å². The molecule has 0 spiro atoms. The summed E-state index contributed by atoms with van der Waals surface area (Å²) in [6, 6.07) is 0. The highest BCUT2D eigenvalue weighted by atomic mass is 16.4. The molecule has 0 saturated heterocycles. The number of hydrogen-bond acceptors (Lipinski definition) is 3. The van der Waals surface area contributed by atoms with Crippen molar-refractivity contribution in [2.75, 3.05) is 0 Å². The Kier molecular flexibility index (Phi) is 3.72. The Labute approximate surface area is 120 Å². The molecule has 0 aliphatic heterocycles. The lowest BCUT2D eigenvalue weighted by Gasteiger charge is -2.33. The molecule has 0 amide bonds. The summed E-state index contributed by atoms with van der Waals surface area (Å²) in [4.78, 5) is 12.3. The zero-order valence-corrected chi connectivity index (χ0v) is 12.3. The van der Waals surface area contributed by atoms with Crippen LogP contribution in [0, 0.1) is 0 Å². The van der Waals surface area contributed by atoms with Crippen molar-refractivity contribution < 1.29 is 9.52 Å². The van der Waals surface area contributed by atoms with Crippen LogP contribution in [0.25, 0.3) is 0 Å². The van der Waals surface area contributed by atoms with Crippen molar-refractivity contribution >= 4 is 0 Å². The number of fused-ring (bicyclic) bond motifs is 1. The van der Waals surface area contributed by atoms with E-state index in [1.165, 1.54) is 12.0 Å². The average molecular weight is 276 g/mol. The van der Waals surface area contributed by atoms with E-state index < -0.39 is 5.60 Å². The minimum absolute atomic E-state index is 0.203. The van der Waals surface area contributed by atoms with Gasteiger partial charge in [-0.2, -0.15) is 0 Å². The fraction of sp³-hybridized carbons (Fsp3) is 0.706. The van der Waals surface area contributed by atoms with E-state index >= 15 is 0 Å². The topological polar surface area (TPSA) is 50.4 Å². The number of aliphatic hydroxyl groups is 1. The molecule has 1 aromatic rings. The van der Waals surface area contributed by atoms with Crippen LogP contribution in [0.15, 0.2) is 9.21 Å². The summed E-state index contributed by atoms with van der Waals surface area (Å²) < 4.78 is 5.63. The van der Waals surface area contributed by atoms with Gasteiger partial charge in [-0.3, -0.25) is 0 Å². The lowest BCUT2D eigenvalue weighted by Crippen LogP contribution is -2.33. The average Bonchev–Trinajstić information content (AvgIpc) is 2.48. The molecule has 3 nitrogen and oxygen atoms in total. The smallest absolute Gasteiger partial charge is 0.339 e. The molecular formula is C17H24O3. The minimum atomic E-state index is -0.908. The van der Waals surface area contributed by atoms with E-state index in [0.29, 0.717) is 5.76 Å². The van der Waals surface area contributed by atoms with E-state index in [9.17, 15) is 9.90 Å². The molecule has 1 aromatic heterocycles. The quantitative estimate of drug-likeness (QED) is 0.902. The van der Waals surface area contributed by atoms with Gasteiger partial charge < -0.3 is 9.52 Å². The molecule has 20 heavy (non-hydrogen) atoms. The molecule has 1 fully saturated rings. The fourth-order valence-electron chi connectivity index (χ4n) is 3.93. The molecule has 3 rings (SSSR count). The van der Waals surface area contributed by atoms with E-state index in [0.717, 1.165) is 68.9 Å². The summed E-state index contributed by atoms with van der Waals surface area (Å²) in [5.74, 6) is 0.588. The second kappa shape index (κ2) is 5.36. The van der Waals surface area contributed by atoms with Crippen molar-refractivity contribution in [2.24, 2.45) is 0 Å². The molecule has 1 saturated carbocycles. The highest BCUT2D eigenvalue weighted by Gasteiger charge is 2.37. The largest absolute Gasteiger partial charge is 0.424 e. The molecule has 3 heteroatoms. The first-order chi connectivity index (χ1) is 9.65. The SMILES string of the molecule is CCc1c(C2(O)CCCCC2)oc(=O)c2c1CCCC2. The number of hydrogen-bond donors (Lipinski definition) is 1. The van der Waals surface area contributed by atoms with Crippen LogP contribution in [0.4, 0.5) is 0 Å². The molecule has 0 bridgehead atoms. The molecule has 110 valence electrons. The molecule has 0 radical (unpaired) electrons. The second-order valence-corrected chi connectivity index (χ2v) is 6.31. The molecule has 1 N–H and O–H groups in total. The summed E-state index contributed by atoms with van der Waals surface area (Å²) in [6.45, 7) is 2.10. The molecule has 0 unspecified atom stereocenters. The summed E-state index contributed by atoms with van der Waals surface area (Å²) in [5.41, 5.74) is 2.06. The lowest BCUT2D eigenvalue weighted by atomic mass is 9.78. The Morgan fingerprint density at radius 1 is 1.05 bits per heavy atom. The van der Waals surface area contributed by atoms with E-state index in [1.807, 2.05) is 0 Å². The zero-order chi connectivity index (χ0) is 14.2. The normalized spacial score (nSPS) is 21.5. The molecule has 2 aliphatic rings. The van der Waals surface area contributed by atoms with Crippen molar-refractivity contribution in [1.82, 2.24) is 0 Å². The Morgan fingerprint density at radius 2 is 1.70 bits per heavy atom. The monoisotopic (exact) mass is 276 g/mol. The Morgan fingerprint density at radius 3 is 2.35 bits per heavy atom. The van der Waals surface area contributed by atoms with Gasteiger partial charge in [0.2, 0.25) is 0 Å². The third kappa shape index (κ3) is 2.22. The van der Waals surface area contributed by atoms with Crippen LogP contribution in [0.5, 0.6) is 0 Å². The van der Waals surface area contributed by atoms with Crippen LogP contribution in [0.3, 0.4) is 0 Å². The van der Waals surface area contributed by atoms with E-state index in [1.54, 1.807) is 0 Å². The second-order valence-electron chi connectivity index (χ2n) is 6.31. The van der Waals surface area contributed by atoms with Crippen LogP contribution < -0.4 is 5.63 Å². The summed E-state index contributed by atoms with van der Waals surface area (Å²) >= 11 is 0. The van der Waals surface area contributed by atoms with Gasteiger partial charge in [0, 0.05) is 5.56 Å². The van der Waals surface area contributed by atoms with E-state index in [4.69, 9.17) is 4.42 Å². The predicted molar refractivity (Wildman–Crippen MR) is 78.0 cm³/mol. The maximum absolute atomic E-state index is 12.3. The van der Waals surface area contributed by atoms with Crippen LogP contribution in [-0.4, -0.2) is 5.11 Å². The van der Waals surface area contributed by atoms with Gasteiger partial charge >= 0.3 is 5.63 Å². The fourth-order valence-corrected chi connectivity index (χ4v) is 3.93. The first kappa shape index (κ1) is 13.9. The summed E-state index contributed by atoms with van der Waals surface area (Å²) in [6.07, 6.45) is 9.50. The van der Waals surface area contributed by atoms with Crippen LogP contribution in [0.1, 0.15) is 74.3 Å². The molecule has 0 atom stereocenters. The van der Waals surface area contributed by atoms with Crippen molar-refractivity contribution in [1.29, 1.82) is 0 Å². The third-order valence-electron chi connectivity index (χ3n) is 5.00. The lowest BCUT2D eigenvalue weighted by molar-refractivity contribution is -0.0237. The van der Waals surface area contributed by atoms with E-state index in [2.05, 4.69) is 6.92 Å². The number of rotatable bonds is 2. The minimum Gasteiger partial charge on any atom is -0.424 e. The summed E-state index contributed by atoms with van der Waals surface area (Å²) in [5, 5.41) is 10.9. The van der Waals surface area contributed by atoms with Gasteiger partial charge in [0.15, 0.2) is 0 Å². The molecular weight excluding hydrogens is 252 g/mol. The van der Waals surface area contributed by atoms with Gasteiger partial charge in [0.25, 0.3) is 0 Å². The van der Waals surface area contributed by atoms with Gasteiger partial charge in [-0.05, 0) is 56.1 Å². The van der Waals surface area contributed by atoms with Crippen molar-refractivity contribution in [2.45, 2.75) is 76.7 Å². The Hall–Kier alpha value is -1.09.